The van der Waals surface area contributed by atoms with Crippen molar-refractivity contribution < 1.29 is 28.3 Å². The van der Waals surface area contributed by atoms with Gasteiger partial charge in [-0.2, -0.15) is 0 Å². The molecule has 1 aliphatic heterocycles. The van der Waals surface area contributed by atoms with Gasteiger partial charge in [0.2, 0.25) is 0 Å². The maximum Gasteiger partial charge on any atom is 0.457 e. The van der Waals surface area contributed by atoms with Crippen molar-refractivity contribution in [1.29, 1.82) is 0 Å². The van der Waals surface area contributed by atoms with Crippen LogP contribution in [0.5, 0.6) is 0 Å². The zero-order valence-corrected chi connectivity index (χ0v) is 26.9. The summed E-state index contributed by atoms with van der Waals surface area (Å²) in [6.07, 6.45) is 3.16. The maximum atomic E-state index is 14.2. The molecule has 1 atom stereocenters. The van der Waals surface area contributed by atoms with E-state index in [2.05, 4.69) is 27.7 Å². The van der Waals surface area contributed by atoms with Crippen LogP contribution in [0.25, 0.3) is 0 Å². The van der Waals surface area contributed by atoms with Crippen LogP contribution >= 0.6 is 0 Å². The molecular weight excluding hydrogens is 529 g/mol. The Kier molecular flexibility index (Phi) is 12.0. The summed E-state index contributed by atoms with van der Waals surface area (Å²) >= 11 is 0. The molecule has 7 nitrogen and oxygen atoms in total. The van der Waals surface area contributed by atoms with Crippen LogP contribution in [0.15, 0.2) is 65.7 Å². The number of hydrogen-bond donors (Lipinski definition) is 0. The van der Waals surface area contributed by atoms with Crippen molar-refractivity contribution >= 4 is 18.8 Å². The molecule has 8 heteroatoms. The van der Waals surface area contributed by atoms with Crippen LogP contribution in [0.2, 0.25) is 6.32 Å². The topological polar surface area (TPSA) is 75.6 Å². The molecule has 42 heavy (non-hydrogen) atoms. The highest BCUT2D eigenvalue weighted by Gasteiger charge is 2.50. The number of aliphatic imine (C=N–C) groups is 1. The summed E-state index contributed by atoms with van der Waals surface area (Å²) in [6, 6.07) is 20.0. The van der Waals surface area contributed by atoms with Crippen molar-refractivity contribution in [3.05, 3.63) is 71.8 Å². The van der Waals surface area contributed by atoms with Crippen LogP contribution in [0.4, 0.5) is 0 Å². The number of unbranched alkanes of at least 4 members (excludes halogenated alkanes) is 1. The lowest BCUT2D eigenvalue weighted by Crippen LogP contribution is -2.44. The van der Waals surface area contributed by atoms with Gasteiger partial charge in [-0.05, 0) is 61.2 Å². The van der Waals surface area contributed by atoms with Crippen molar-refractivity contribution in [3.8, 4) is 0 Å². The summed E-state index contributed by atoms with van der Waals surface area (Å²) in [6.45, 7) is 15.2. The molecule has 0 aromatic heterocycles. The molecular formula is C34H50BNO6. The standard InChI is InChI=1S/C34H50BNO6/c1-31(2,3)40-30(37)34(22-24-39-26-25-38-8,21-15-16-23-35-41-32(4,5)33(6,7)42-35)36-29(27-17-11-9-12-18-27)28-19-13-10-14-20-28/h9-14,17-20H,15-16,21-26H2,1-8H3. The smallest absolute Gasteiger partial charge is 0.457 e. The molecule has 230 valence electrons. The third-order valence-corrected chi connectivity index (χ3v) is 7.87. The van der Waals surface area contributed by atoms with Gasteiger partial charge in [0.15, 0.2) is 5.54 Å². The number of nitrogens with zero attached hydrogens (tertiary/aromatic N) is 1. The summed E-state index contributed by atoms with van der Waals surface area (Å²) in [5.41, 5.74) is 0.0617. The summed E-state index contributed by atoms with van der Waals surface area (Å²) < 4.78 is 29.6. The third-order valence-electron chi connectivity index (χ3n) is 7.87. The molecule has 1 saturated heterocycles. The number of ether oxygens (including phenoxy) is 3. The lowest BCUT2D eigenvalue weighted by Gasteiger charge is -2.33. The number of carbonyl (C=O) groups is 1. The second-order valence-electron chi connectivity index (χ2n) is 13.0. The highest BCUT2D eigenvalue weighted by molar-refractivity contribution is 6.45. The normalized spacial score (nSPS) is 17.5. The molecule has 0 radical (unpaired) electrons. The fourth-order valence-corrected chi connectivity index (χ4v) is 4.86. The minimum absolute atomic E-state index is 0.281. The average molecular weight is 580 g/mol. The third kappa shape index (κ3) is 9.50. The zero-order chi connectivity index (χ0) is 30.9. The molecule has 1 heterocycles. The number of hydrogen-bond acceptors (Lipinski definition) is 7. The Labute approximate surface area is 253 Å². The predicted molar refractivity (Wildman–Crippen MR) is 169 cm³/mol. The molecule has 3 rings (SSSR count). The first-order chi connectivity index (χ1) is 19.8. The van der Waals surface area contributed by atoms with Crippen LogP contribution in [0, 0.1) is 0 Å². The number of benzene rings is 2. The highest BCUT2D eigenvalue weighted by atomic mass is 16.7. The van der Waals surface area contributed by atoms with Crippen molar-refractivity contribution in [2.45, 2.75) is 103 Å². The summed E-state index contributed by atoms with van der Waals surface area (Å²) in [5, 5.41) is 0. The lowest BCUT2D eigenvalue weighted by molar-refractivity contribution is -0.162. The van der Waals surface area contributed by atoms with Gasteiger partial charge >= 0.3 is 13.1 Å². The molecule has 1 unspecified atom stereocenters. The molecule has 0 N–H and O–H groups in total. The molecule has 0 amide bonds. The highest BCUT2D eigenvalue weighted by Crippen LogP contribution is 2.38. The zero-order valence-electron chi connectivity index (χ0n) is 26.9. The van der Waals surface area contributed by atoms with E-state index >= 15 is 0 Å². The van der Waals surface area contributed by atoms with E-state index < -0.39 is 11.1 Å². The molecule has 0 aliphatic carbocycles. The second kappa shape index (κ2) is 14.8. The largest absolute Gasteiger partial charge is 0.458 e. The predicted octanol–water partition coefficient (Wildman–Crippen LogP) is 6.92. The first kappa shape index (κ1) is 34.0. The maximum absolute atomic E-state index is 14.2. The van der Waals surface area contributed by atoms with Crippen LogP contribution < -0.4 is 0 Å². The Morgan fingerprint density at radius 3 is 1.86 bits per heavy atom. The van der Waals surface area contributed by atoms with E-state index in [0.717, 1.165) is 36.0 Å². The van der Waals surface area contributed by atoms with Crippen molar-refractivity contribution in [1.82, 2.24) is 0 Å². The fourth-order valence-electron chi connectivity index (χ4n) is 4.86. The van der Waals surface area contributed by atoms with Gasteiger partial charge in [0, 0.05) is 31.3 Å². The van der Waals surface area contributed by atoms with E-state index in [9.17, 15) is 4.79 Å². The van der Waals surface area contributed by atoms with Crippen molar-refractivity contribution in [3.63, 3.8) is 0 Å². The number of rotatable bonds is 15. The average Bonchev–Trinajstić information content (AvgIpc) is 3.14. The number of esters is 1. The van der Waals surface area contributed by atoms with Crippen LogP contribution in [-0.2, 0) is 28.3 Å². The van der Waals surface area contributed by atoms with E-state index in [0.29, 0.717) is 32.7 Å². The molecule has 1 aliphatic rings. The molecule has 0 spiro atoms. The van der Waals surface area contributed by atoms with Gasteiger partial charge in [-0.25, -0.2) is 4.79 Å². The number of carbonyl (C=O) groups excluding carboxylic acids is 1. The van der Waals surface area contributed by atoms with Gasteiger partial charge in [0.1, 0.15) is 5.60 Å². The first-order valence-corrected chi connectivity index (χ1v) is 15.2. The molecule has 0 bridgehead atoms. The van der Waals surface area contributed by atoms with Gasteiger partial charge in [0.05, 0.1) is 30.1 Å². The first-order valence-electron chi connectivity index (χ1n) is 15.2. The summed E-state index contributed by atoms with van der Waals surface area (Å²) in [5.74, 6) is -0.342. The van der Waals surface area contributed by atoms with Crippen LogP contribution in [0.3, 0.4) is 0 Å². The Balaban J connectivity index is 1.97. The lowest BCUT2D eigenvalue weighted by atomic mass is 9.80. The van der Waals surface area contributed by atoms with Gasteiger partial charge < -0.3 is 23.5 Å². The van der Waals surface area contributed by atoms with Gasteiger partial charge in [-0.3, -0.25) is 4.99 Å². The Morgan fingerprint density at radius 2 is 1.36 bits per heavy atom. The minimum atomic E-state index is -1.16. The summed E-state index contributed by atoms with van der Waals surface area (Å²) in [4.78, 5) is 19.5. The Bertz CT molecular complexity index is 1090. The monoisotopic (exact) mass is 579 g/mol. The minimum Gasteiger partial charge on any atom is -0.458 e. The van der Waals surface area contributed by atoms with Crippen LogP contribution in [-0.4, -0.2) is 68.1 Å². The van der Waals surface area contributed by atoms with E-state index in [1.165, 1.54) is 0 Å². The van der Waals surface area contributed by atoms with Crippen molar-refractivity contribution in [2.24, 2.45) is 4.99 Å². The second-order valence-corrected chi connectivity index (χ2v) is 13.0. The van der Waals surface area contributed by atoms with Crippen LogP contribution in [0.1, 0.15) is 85.3 Å². The number of methoxy groups -OCH3 is 1. The van der Waals surface area contributed by atoms with Crippen molar-refractivity contribution in [2.75, 3.05) is 26.9 Å². The van der Waals surface area contributed by atoms with E-state index in [4.69, 9.17) is 28.5 Å². The Hall–Kier alpha value is -2.52. The van der Waals surface area contributed by atoms with Gasteiger partial charge in [-0.1, -0.05) is 73.5 Å². The van der Waals surface area contributed by atoms with E-state index in [1.807, 2.05) is 81.4 Å². The summed E-state index contributed by atoms with van der Waals surface area (Å²) in [7, 11) is 1.36. The quantitative estimate of drug-likeness (QED) is 0.0987. The Morgan fingerprint density at radius 1 is 0.810 bits per heavy atom. The molecule has 0 saturated carbocycles. The van der Waals surface area contributed by atoms with Gasteiger partial charge in [0.25, 0.3) is 0 Å². The molecule has 2 aromatic carbocycles. The van der Waals surface area contributed by atoms with Gasteiger partial charge in [-0.15, -0.1) is 0 Å². The molecule has 2 aromatic rings. The SMILES string of the molecule is COCCOCCC(CCCCB1OC(C)(C)C(C)(C)O1)(N=C(c1ccccc1)c1ccccc1)C(=O)OC(C)(C)C. The fraction of sp³-hybridized carbons (Fsp3) is 0.588. The van der Waals surface area contributed by atoms with E-state index in [1.54, 1.807) is 7.11 Å². The molecule has 1 fully saturated rings. The van der Waals surface area contributed by atoms with E-state index in [-0.39, 0.29) is 24.3 Å².